The molecule has 0 heterocycles. The monoisotopic (exact) mass is 737 g/mol. The van der Waals surface area contributed by atoms with E-state index in [0.717, 1.165) is 0 Å². The van der Waals surface area contributed by atoms with Crippen LogP contribution < -0.4 is 117 Å². The van der Waals surface area contributed by atoms with Gasteiger partial charge in [0.25, 0.3) is 0 Å². The van der Waals surface area contributed by atoms with Crippen LogP contribution in [0.4, 0.5) is 0 Å². The second kappa shape index (κ2) is 37.3. The van der Waals surface area contributed by atoms with Crippen LogP contribution in [0.1, 0.15) is 36.4 Å². The molecule has 28 heteroatoms. The second-order valence-electron chi connectivity index (χ2n) is 7.71. The summed E-state index contributed by atoms with van der Waals surface area (Å²) in [5, 5.41) is 80.2. The maximum atomic E-state index is 9.85. The Kier molecular flexibility index (Phi) is 49.8. The molecule has 0 aromatic carbocycles. The van der Waals surface area contributed by atoms with Crippen molar-refractivity contribution < 1.29 is 192 Å². The van der Waals surface area contributed by atoms with E-state index in [1.165, 1.54) is 0 Å². The van der Waals surface area contributed by atoms with Crippen LogP contribution in [0.3, 0.4) is 0 Å². The Morgan fingerprint density at radius 1 is 0.312 bits per heavy atom. The smallest absolute Gasteiger partial charge is 1.00 e. The summed E-state index contributed by atoms with van der Waals surface area (Å²) in [6.45, 7) is 0. The normalized spacial score (nSPS) is 11.8. The van der Waals surface area contributed by atoms with E-state index in [4.69, 9.17) is 79.7 Å². The van der Waals surface area contributed by atoms with Crippen molar-refractivity contribution >= 4 is 59.7 Å². The molecule has 0 aliphatic carbocycles. The van der Waals surface area contributed by atoms with Crippen LogP contribution in [0.25, 0.3) is 0 Å². The fourth-order valence-electron chi connectivity index (χ4n) is 1.38. The summed E-state index contributed by atoms with van der Waals surface area (Å²) in [4.78, 5) is 98.1. The molecular formula is C20H38N5Na3O20. The number of rotatable bonds is 15. The van der Waals surface area contributed by atoms with E-state index in [1.807, 2.05) is 0 Å². The summed E-state index contributed by atoms with van der Waals surface area (Å²) in [5.41, 5.74) is 24.2. The van der Waals surface area contributed by atoms with Gasteiger partial charge in [0, 0.05) is 0 Å². The molecule has 0 rings (SSSR count). The third-order valence-corrected chi connectivity index (χ3v) is 3.56. The summed E-state index contributed by atoms with van der Waals surface area (Å²) in [5.74, 6) is -12.5. The fraction of sp³-hybridized carbons (Fsp3) is 0.500. The van der Waals surface area contributed by atoms with Crippen molar-refractivity contribution in [2.75, 3.05) is 0 Å². The molecule has 20 N–H and O–H groups in total. The topological polar surface area (TPSA) is 503 Å². The first-order chi connectivity index (χ1) is 20.2. The quantitative estimate of drug-likeness (QED) is 0.0694. The van der Waals surface area contributed by atoms with Crippen LogP contribution in [0.15, 0.2) is 0 Å². The van der Waals surface area contributed by atoms with Crippen LogP contribution in [0.2, 0.25) is 0 Å². The van der Waals surface area contributed by atoms with Gasteiger partial charge < -0.3 is 84.0 Å². The summed E-state index contributed by atoms with van der Waals surface area (Å²) in [6, 6.07) is -6.45. The number of nitrogens with two attached hydrogens (primary N) is 5. The van der Waals surface area contributed by atoms with Gasteiger partial charge in [-0.3, -0.25) is 47.9 Å². The van der Waals surface area contributed by atoms with E-state index >= 15 is 0 Å². The molecule has 0 saturated carbocycles. The number of carboxylic acids is 10. The van der Waals surface area contributed by atoms with E-state index in [9.17, 15) is 47.9 Å². The molecule has 266 valence electrons. The Balaban J connectivity index is -0.0000000423. The number of carbonyl (C=O) groups is 10. The SMILES string of the molecule is N[C@@H](CC(=O)O)C(=O)O.N[C@@H](CC(=O)O)C(=O)O.N[C@@H](CC(=O)O)C(=O)O.N[C@@H](CC(=O)O)C(=O)O.N[C@@H](CC(=O)O)C(=O)O.[H-].[H-].[H-].[Na+].[Na+].[Na+]. The zero-order valence-corrected chi connectivity index (χ0v) is 31.9. The van der Waals surface area contributed by atoms with Crippen molar-refractivity contribution in [3.8, 4) is 0 Å². The molecule has 0 aliphatic rings. The molecule has 0 saturated heterocycles. The van der Waals surface area contributed by atoms with Crippen molar-refractivity contribution in [2.45, 2.75) is 62.3 Å². The van der Waals surface area contributed by atoms with E-state index in [1.54, 1.807) is 0 Å². The average molecular weight is 738 g/mol. The predicted octanol–water partition coefficient (Wildman–Crippen LogP) is -14.3. The Bertz CT molecular complexity index is 881. The first-order valence-electron chi connectivity index (χ1n) is 11.2. The van der Waals surface area contributed by atoms with Crippen molar-refractivity contribution in [1.82, 2.24) is 0 Å². The molecule has 0 amide bonds. The maximum absolute atomic E-state index is 9.85. The zero-order chi connectivity index (χ0) is 37.2. The van der Waals surface area contributed by atoms with Crippen LogP contribution >= 0.6 is 0 Å². The minimum atomic E-state index is -1.29. The number of hydrogen-bond acceptors (Lipinski definition) is 15. The summed E-state index contributed by atoms with van der Waals surface area (Å²) < 4.78 is 0. The Hall–Kier alpha value is -2.50. The standard InChI is InChI=1S/5C4H7NO4.3Na.3H/c5*5-2(4(8)9)1-3(6)7;;;;;;/h5*2H,1,5H2,(H,6,7)(H,8,9);;;;;;/q;;;;;3*+1;3*-1/t5*2-;;;;;;/m00000....../s1. The van der Waals surface area contributed by atoms with Crippen LogP contribution in [0, 0.1) is 0 Å². The molecule has 0 bridgehead atoms. The molecule has 5 atom stereocenters. The summed E-state index contributed by atoms with van der Waals surface area (Å²) >= 11 is 0. The minimum Gasteiger partial charge on any atom is -1.00 e. The van der Waals surface area contributed by atoms with Gasteiger partial charge in [-0.1, -0.05) is 0 Å². The first kappa shape index (κ1) is 64.1. The Morgan fingerprint density at radius 3 is 0.417 bits per heavy atom. The Labute approximate surface area is 340 Å². The van der Waals surface area contributed by atoms with Crippen LogP contribution in [-0.4, -0.2) is 141 Å². The third kappa shape index (κ3) is 55.9. The largest absolute Gasteiger partial charge is 1.00 e. The van der Waals surface area contributed by atoms with Crippen LogP contribution in [0.5, 0.6) is 0 Å². The van der Waals surface area contributed by atoms with E-state index in [-0.39, 0.29) is 93.0 Å². The fourth-order valence-corrected chi connectivity index (χ4v) is 1.38. The van der Waals surface area contributed by atoms with Crippen molar-refractivity contribution in [3.63, 3.8) is 0 Å². The molecule has 25 nitrogen and oxygen atoms in total. The van der Waals surface area contributed by atoms with Gasteiger partial charge in [-0.15, -0.1) is 0 Å². The molecule has 0 fully saturated rings. The van der Waals surface area contributed by atoms with Gasteiger partial charge in [0.2, 0.25) is 0 Å². The number of aliphatic carboxylic acids is 10. The summed E-state index contributed by atoms with van der Waals surface area (Å²) in [7, 11) is 0. The molecule has 48 heavy (non-hydrogen) atoms. The maximum Gasteiger partial charge on any atom is 1.00 e. The van der Waals surface area contributed by atoms with Gasteiger partial charge in [-0.25, -0.2) is 0 Å². The predicted molar refractivity (Wildman–Crippen MR) is 143 cm³/mol. The third-order valence-electron chi connectivity index (χ3n) is 3.56. The van der Waals surface area contributed by atoms with Gasteiger partial charge in [0.15, 0.2) is 0 Å². The number of carboxylic acid groups (broad SMARTS) is 10. The molecular weight excluding hydrogens is 699 g/mol. The van der Waals surface area contributed by atoms with E-state index in [0.29, 0.717) is 0 Å². The first-order valence-corrected chi connectivity index (χ1v) is 11.2. The minimum absolute atomic E-state index is 0. The molecule has 0 aromatic rings. The second-order valence-corrected chi connectivity index (χ2v) is 7.71. The zero-order valence-electron chi connectivity index (χ0n) is 28.9. The molecule has 0 unspecified atom stereocenters. The van der Waals surface area contributed by atoms with Crippen molar-refractivity contribution in [2.24, 2.45) is 28.7 Å². The van der Waals surface area contributed by atoms with E-state index in [2.05, 4.69) is 0 Å². The van der Waals surface area contributed by atoms with Crippen molar-refractivity contribution in [1.29, 1.82) is 0 Å². The molecule has 0 spiro atoms. The summed E-state index contributed by atoms with van der Waals surface area (Å²) in [6.07, 6.45) is -2.66. The average Bonchev–Trinajstić information content (AvgIpc) is 2.83. The molecule has 0 aliphatic heterocycles. The Morgan fingerprint density at radius 2 is 0.396 bits per heavy atom. The molecule has 0 aromatic heterocycles. The van der Waals surface area contributed by atoms with Crippen LogP contribution in [-0.2, 0) is 47.9 Å². The molecule has 0 radical (unpaired) electrons. The van der Waals surface area contributed by atoms with Gasteiger partial charge >= 0.3 is 148 Å². The van der Waals surface area contributed by atoms with Gasteiger partial charge in [0.1, 0.15) is 30.2 Å². The van der Waals surface area contributed by atoms with Gasteiger partial charge in [0.05, 0.1) is 32.1 Å². The van der Waals surface area contributed by atoms with Gasteiger partial charge in [-0.2, -0.15) is 0 Å². The van der Waals surface area contributed by atoms with Crippen molar-refractivity contribution in [3.05, 3.63) is 0 Å². The van der Waals surface area contributed by atoms with Gasteiger partial charge in [-0.05, 0) is 0 Å². The van der Waals surface area contributed by atoms with E-state index < -0.39 is 122 Å². The number of hydrogen-bond donors (Lipinski definition) is 15.